The highest BCUT2D eigenvalue weighted by Gasteiger charge is 2.31. The van der Waals surface area contributed by atoms with E-state index >= 15 is 0 Å². The maximum Gasteiger partial charge on any atom is 0.261 e. The van der Waals surface area contributed by atoms with Crippen LogP contribution in [0.25, 0.3) is 0 Å². The summed E-state index contributed by atoms with van der Waals surface area (Å²) in [6, 6.07) is 19.6. The van der Waals surface area contributed by atoms with Crippen molar-refractivity contribution in [2.45, 2.75) is 23.5 Å². The second-order valence-electron chi connectivity index (χ2n) is 8.91. The Kier molecular flexibility index (Phi) is 8.76. The lowest BCUT2D eigenvalue weighted by molar-refractivity contribution is -0.120. The minimum Gasteiger partial charge on any atom is -0.497 e. The summed E-state index contributed by atoms with van der Waals surface area (Å²) in [5.74, 6) is -0.0410. The number of benzene rings is 3. The quantitative estimate of drug-likeness (QED) is 0.364. The molecule has 0 aliphatic carbocycles. The zero-order valence-electron chi connectivity index (χ0n) is 20.6. The van der Waals surface area contributed by atoms with Crippen molar-refractivity contribution >= 4 is 53.3 Å². The lowest BCUT2D eigenvalue weighted by Gasteiger charge is -2.30. The normalized spacial score (nSPS) is 15.1. The van der Waals surface area contributed by atoms with Gasteiger partial charge in [-0.25, -0.2) is 21.1 Å². The monoisotopic (exact) mass is 621 g/mol. The molecule has 1 fully saturated rings. The molecule has 0 atom stereocenters. The van der Waals surface area contributed by atoms with Crippen LogP contribution in [0.2, 0.25) is 0 Å². The Bertz CT molecular complexity index is 1490. The Morgan fingerprint density at radius 1 is 0.947 bits per heavy atom. The summed E-state index contributed by atoms with van der Waals surface area (Å²) in [6.07, 6.45) is 0.809. The number of hydrogen-bond acceptors (Lipinski definition) is 6. The van der Waals surface area contributed by atoms with E-state index in [0.29, 0.717) is 35.5 Å². The molecule has 3 aromatic rings. The zero-order valence-corrected chi connectivity index (χ0v) is 23.9. The number of piperidine rings is 1. The Balaban J connectivity index is 1.31. The lowest BCUT2D eigenvalue weighted by atomic mass is 9.97. The molecule has 4 rings (SSSR count). The second-order valence-corrected chi connectivity index (χ2v) is 13.5. The minimum atomic E-state index is -3.81. The fraction of sp³-hybridized carbons (Fsp3) is 0.269. The minimum absolute atomic E-state index is 0.0512. The van der Waals surface area contributed by atoms with Crippen LogP contribution in [0.15, 0.2) is 82.2 Å². The van der Waals surface area contributed by atoms with E-state index in [2.05, 4.69) is 26.0 Å². The molecule has 1 aliphatic rings. The van der Waals surface area contributed by atoms with Crippen LogP contribution in [0.1, 0.15) is 18.4 Å². The predicted molar refractivity (Wildman–Crippen MR) is 150 cm³/mol. The van der Waals surface area contributed by atoms with Crippen LogP contribution in [-0.2, 0) is 30.6 Å². The summed E-state index contributed by atoms with van der Waals surface area (Å²) >= 11 is 3.36. The number of ether oxygens (including phenoxy) is 1. The van der Waals surface area contributed by atoms with Gasteiger partial charge in [0.1, 0.15) is 5.75 Å². The maximum absolute atomic E-state index is 12.8. The van der Waals surface area contributed by atoms with Gasteiger partial charge in [0.25, 0.3) is 10.0 Å². The average Bonchev–Trinajstić information content (AvgIpc) is 2.89. The van der Waals surface area contributed by atoms with Gasteiger partial charge in [0, 0.05) is 34.9 Å². The molecule has 38 heavy (non-hydrogen) atoms. The molecule has 12 heteroatoms. The number of carbonyl (C=O) groups excluding carboxylic acids is 1. The van der Waals surface area contributed by atoms with Crippen molar-refractivity contribution in [2.24, 2.45) is 5.92 Å². The van der Waals surface area contributed by atoms with Crippen molar-refractivity contribution in [2.75, 3.05) is 30.2 Å². The molecule has 0 saturated carbocycles. The Morgan fingerprint density at radius 3 is 2.18 bits per heavy atom. The van der Waals surface area contributed by atoms with Gasteiger partial charge >= 0.3 is 0 Å². The average molecular weight is 623 g/mol. The largest absolute Gasteiger partial charge is 0.497 e. The Labute approximate surface area is 231 Å². The lowest BCUT2D eigenvalue weighted by Crippen LogP contribution is -2.41. The fourth-order valence-corrected chi connectivity index (χ4v) is 7.22. The van der Waals surface area contributed by atoms with Gasteiger partial charge in [0.05, 0.1) is 17.8 Å². The summed E-state index contributed by atoms with van der Waals surface area (Å²) in [6.45, 7) is 0.533. The van der Waals surface area contributed by atoms with Crippen LogP contribution in [0.5, 0.6) is 5.75 Å². The van der Waals surface area contributed by atoms with Crippen LogP contribution in [0, 0.1) is 5.92 Å². The van der Waals surface area contributed by atoms with Crippen LogP contribution in [0.4, 0.5) is 11.4 Å². The Hall–Kier alpha value is -2.93. The number of methoxy groups -OCH3 is 1. The molecule has 1 amide bonds. The molecule has 2 N–H and O–H groups in total. The first-order valence-corrected chi connectivity index (χ1v) is 15.7. The molecule has 0 bridgehead atoms. The highest BCUT2D eigenvalue weighted by atomic mass is 79.9. The fourth-order valence-electron chi connectivity index (χ4n) is 4.16. The summed E-state index contributed by atoms with van der Waals surface area (Å²) in [5, 5.41) is 2.81. The number of amides is 1. The number of halogens is 1. The van der Waals surface area contributed by atoms with Gasteiger partial charge in [-0.1, -0.05) is 28.1 Å². The molecule has 202 valence electrons. The van der Waals surface area contributed by atoms with Crippen LogP contribution in [-0.4, -0.2) is 47.2 Å². The van der Waals surface area contributed by atoms with Gasteiger partial charge in [0.2, 0.25) is 15.9 Å². The van der Waals surface area contributed by atoms with E-state index in [1.165, 1.54) is 35.7 Å². The van der Waals surface area contributed by atoms with E-state index in [1.54, 1.807) is 42.5 Å². The number of hydrogen-bond donors (Lipinski definition) is 2. The second kappa shape index (κ2) is 11.9. The first kappa shape index (κ1) is 28.1. The van der Waals surface area contributed by atoms with Gasteiger partial charge in [0.15, 0.2) is 0 Å². The molecule has 1 heterocycles. The smallest absolute Gasteiger partial charge is 0.261 e. The highest BCUT2D eigenvalue weighted by Crippen LogP contribution is 2.25. The SMILES string of the molecule is COc1ccc(NS(=O)(=O)c2ccc(NC(=O)C3CCN(S(=O)(=O)Cc4cccc(Br)c4)CC3)cc2)cc1. The third kappa shape index (κ3) is 7.13. The number of nitrogens with zero attached hydrogens (tertiary/aromatic N) is 1. The van der Waals surface area contributed by atoms with Crippen molar-refractivity contribution in [3.05, 3.63) is 82.8 Å². The van der Waals surface area contributed by atoms with Crippen LogP contribution >= 0.6 is 15.9 Å². The topological polar surface area (TPSA) is 122 Å². The first-order chi connectivity index (χ1) is 18.1. The predicted octanol–water partition coefficient (Wildman–Crippen LogP) is 4.44. The number of carbonyl (C=O) groups is 1. The van der Waals surface area contributed by atoms with E-state index in [0.717, 1.165) is 4.47 Å². The molecule has 1 saturated heterocycles. The van der Waals surface area contributed by atoms with E-state index in [4.69, 9.17) is 4.74 Å². The number of rotatable bonds is 9. The zero-order chi connectivity index (χ0) is 27.3. The van der Waals surface area contributed by atoms with Gasteiger partial charge < -0.3 is 10.1 Å². The van der Waals surface area contributed by atoms with Crippen molar-refractivity contribution < 1.29 is 26.4 Å². The van der Waals surface area contributed by atoms with E-state index in [1.807, 2.05) is 6.07 Å². The summed E-state index contributed by atoms with van der Waals surface area (Å²) in [4.78, 5) is 12.9. The standard InChI is InChI=1S/C26H28BrN3O6S2/c1-36-24-9-5-23(6-10-24)29-38(34,35)25-11-7-22(8-12-25)28-26(31)20-13-15-30(16-14-20)37(32,33)18-19-3-2-4-21(27)17-19/h2-12,17,20,29H,13-16,18H2,1H3,(H,28,31). The van der Waals surface area contributed by atoms with Crippen molar-refractivity contribution in [3.63, 3.8) is 0 Å². The molecule has 0 aromatic heterocycles. The third-order valence-corrected chi connectivity index (χ3v) is 9.97. The van der Waals surface area contributed by atoms with Crippen molar-refractivity contribution in [3.8, 4) is 5.75 Å². The summed E-state index contributed by atoms with van der Waals surface area (Å²) in [7, 11) is -5.78. The van der Waals surface area contributed by atoms with Crippen LogP contribution in [0.3, 0.4) is 0 Å². The molecule has 0 unspecified atom stereocenters. The summed E-state index contributed by atoms with van der Waals surface area (Å²) in [5.41, 5.74) is 1.56. The van der Waals surface area contributed by atoms with E-state index < -0.39 is 20.0 Å². The van der Waals surface area contributed by atoms with Gasteiger partial charge in [-0.2, -0.15) is 0 Å². The molecular formula is C26H28BrN3O6S2. The number of anilines is 2. The third-order valence-electron chi connectivity index (χ3n) is 6.23. The van der Waals surface area contributed by atoms with Crippen LogP contribution < -0.4 is 14.8 Å². The number of sulfonamides is 2. The molecule has 9 nitrogen and oxygen atoms in total. The number of nitrogens with one attached hydrogen (secondary N) is 2. The van der Waals surface area contributed by atoms with Crippen molar-refractivity contribution in [1.29, 1.82) is 0 Å². The molecule has 0 spiro atoms. The molecule has 3 aromatic carbocycles. The van der Waals surface area contributed by atoms with E-state index in [-0.39, 0.29) is 35.6 Å². The molecule has 1 aliphatic heterocycles. The highest BCUT2D eigenvalue weighted by molar-refractivity contribution is 9.10. The van der Waals surface area contributed by atoms with Gasteiger partial charge in [-0.05, 0) is 79.1 Å². The Morgan fingerprint density at radius 2 is 1.58 bits per heavy atom. The van der Waals surface area contributed by atoms with Gasteiger partial charge in [-0.15, -0.1) is 0 Å². The molecular weight excluding hydrogens is 594 g/mol. The van der Waals surface area contributed by atoms with Crippen molar-refractivity contribution in [1.82, 2.24) is 4.31 Å². The summed E-state index contributed by atoms with van der Waals surface area (Å²) < 4.78 is 60.9. The first-order valence-electron chi connectivity index (χ1n) is 11.9. The maximum atomic E-state index is 12.8. The van der Waals surface area contributed by atoms with E-state index in [9.17, 15) is 21.6 Å². The molecule has 0 radical (unpaired) electrons. The van der Waals surface area contributed by atoms with Gasteiger partial charge in [-0.3, -0.25) is 9.52 Å².